The number of ether oxygens (including phenoxy) is 1. The summed E-state index contributed by atoms with van der Waals surface area (Å²) in [5.74, 6) is 0.566. The maximum absolute atomic E-state index is 8.00. The molecular formula is C16H22N3OY-. The minimum atomic E-state index is 0. The van der Waals surface area contributed by atoms with Gasteiger partial charge in [-0.1, -0.05) is 12.1 Å². The van der Waals surface area contributed by atoms with Crippen LogP contribution in [0, 0.1) is 12.3 Å². The molecule has 0 bridgehead atoms. The van der Waals surface area contributed by atoms with Crippen molar-refractivity contribution in [2.24, 2.45) is 0 Å². The van der Waals surface area contributed by atoms with Crippen molar-refractivity contribution >= 4 is 11.9 Å². The topological polar surface area (TPSA) is 60.1 Å². The summed E-state index contributed by atoms with van der Waals surface area (Å²) in [4.78, 5) is 2.54. The second kappa shape index (κ2) is 7.32. The molecule has 2 N–H and O–H groups in total. The van der Waals surface area contributed by atoms with Crippen LogP contribution in [0.2, 0.25) is 0 Å². The number of likely N-dealkylation sites (tertiary alicyclic amines) is 1. The fourth-order valence-electron chi connectivity index (χ4n) is 3.32. The Morgan fingerprint density at radius 1 is 1.29 bits per heavy atom. The van der Waals surface area contributed by atoms with Gasteiger partial charge in [-0.2, -0.15) is 0 Å². The predicted molar refractivity (Wildman–Crippen MR) is 81.2 cm³/mol. The number of rotatable bonds is 3. The van der Waals surface area contributed by atoms with E-state index in [4.69, 9.17) is 15.9 Å². The zero-order chi connectivity index (χ0) is 14.1. The summed E-state index contributed by atoms with van der Waals surface area (Å²) in [5, 5.41) is 7.33. The molecule has 5 heteroatoms. The van der Waals surface area contributed by atoms with Crippen molar-refractivity contribution < 1.29 is 37.4 Å². The molecule has 3 rings (SSSR count). The van der Waals surface area contributed by atoms with Gasteiger partial charge in [-0.05, 0) is 55.5 Å². The van der Waals surface area contributed by atoms with E-state index in [2.05, 4.69) is 11.8 Å². The Bertz CT molecular complexity index is 508. The number of piperidine rings is 1. The van der Waals surface area contributed by atoms with Gasteiger partial charge in [-0.15, -0.1) is 5.69 Å². The molecule has 0 unspecified atom stereocenters. The quantitative estimate of drug-likeness (QED) is 0.841. The van der Waals surface area contributed by atoms with Crippen LogP contribution in [0.1, 0.15) is 35.4 Å². The molecule has 0 aromatic heterocycles. The number of hydrogen-bond acceptors (Lipinski definition) is 3. The third-order valence-electron chi connectivity index (χ3n) is 4.70. The maximum Gasteiger partial charge on any atom is 0.0645 e. The summed E-state index contributed by atoms with van der Waals surface area (Å²) in [7, 11) is 0. The first-order valence-electron chi connectivity index (χ1n) is 7.37. The molecule has 2 fully saturated rings. The SMILES string of the molecule is Cc1cc(C=N)c([NH-])cc1C1CCN(C2COC2)CC1.[Y]. The molecule has 111 valence electrons. The fourth-order valence-corrected chi connectivity index (χ4v) is 3.32. The maximum atomic E-state index is 8.00. The molecule has 0 aliphatic carbocycles. The summed E-state index contributed by atoms with van der Waals surface area (Å²) < 4.78 is 5.27. The molecule has 0 amide bonds. The van der Waals surface area contributed by atoms with E-state index in [-0.39, 0.29) is 32.7 Å². The van der Waals surface area contributed by atoms with Gasteiger partial charge in [0.25, 0.3) is 0 Å². The summed E-state index contributed by atoms with van der Waals surface area (Å²) in [5.41, 5.74) is 11.7. The summed E-state index contributed by atoms with van der Waals surface area (Å²) in [6, 6.07) is 4.60. The van der Waals surface area contributed by atoms with Gasteiger partial charge in [0, 0.05) is 38.9 Å². The molecule has 2 aliphatic heterocycles. The van der Waals surface area contributed by atoms with Crippen molar-refractivity contribution in [2.45, 2.75) is 31.7 Å². The summed E-state index contributed by atoms with van der Waals surface area (Å²) in [6.07, 6.45) is 3.61. The Labute approximate surface area is 151 Å². The van der Waals surface area contributed by atoms with Gasteiger partial charge in [-0.25, -0.2) is 0 Å². The van der Waals surface area contributed by atoms with Crippen LogP contribution >= 0.6 is 0 Å². The second-order valence-corrected chi connectivity index (χ2v) is 5.94. The third-order valence-corrected chi connectivity index (χ3v) is 4.70. The van der Waals surface area contributed by atoms with Crippen LogP contribution in [0.25, 0.3) is 5.73 Å². The molecule has 0 atom stereocenters. The minimum Gasteiger partial charge on any atom is -0.698 e. The molecule has 0 saturated carbocycles. The molecule has 2 aliphatic rings. The van der Waals surface area contributed by atoms with Gasteiger partial charge in [0.1, 0.15) is 0 Å². The third kappa shape index (κ3) is 3.55. The van der Waals surface area contributed by atoms with E-state index >= 15 is 0 Å². The van der Waals surface area contributed by atoms with Gasteiger partial charge in [0.2, 0.25) is 0 Å². The molecule has 2 saturated heterocycles. The number of benzene rings is 1. The van der Waals surface area contributed by atoms with E-state index in [1.54, 1.807) is 0 Å². The van der Waals surface area contributed by atoms with Crippen molar-refractivity contribution in [2.75, 3.05) is 26.3 Å². The van der Waals surface area contributed by atoms with Crippen molar-refractivity contribution in [3.8, 4) is 0 Å². The monoisotopic (exact) mass is 361 g/mol. The molecule has 4 nitrogen and oxygen atoms in total. The van der Waals surface area contributed by atoms with Gasteiger partial charge in [0.15, 0.2) is 0 Å². The van der Waals surface area contributed by atoms with Crippen LogP contribution in [-0.4, -0.2) is 43.5 Å². The Morgan fingerprint density at radius 2 is 1.95 bits per heavy atom. The van der Waals surface area contributed by atoms with Crippen LogP contribution in [0.5, 0.6) is 0 Å². The summed E-state index contributed by atoms with van der Waals surface area (Å²) in [6.45, 7) is 6.17. The second-order valence-electron chi connectivity index (χ2n) is 5.94. The van der Waals surface area contributed by atoms with Crippen LogP contribution in [0.3, 0.4) is 0 Å². The van der Waals surface area contributed by atoms with Gasteiger partial charge >= 0.3 is 0 Å². The number of nitrogens with zero attached hydrogens (tertiary/aromatic N) is 1. The largest absolute Gasteiger partial charge is 0.698 e. The Morgan fingerprint density at radius 3 is 2.48 bits per heavy atom. The standard InChI is InChI=1S/C16H22N3O.Y/c1-11-6-13(8-17)16(18)7-15(11)12-2-4-19(5-3-12)14-9-20-10-14;/h6-8,12,14,17-18H,2-5,9-10H2,1H3;/q-1;. The van der Waals surface area contributed by atoms with Crippen molar-refractivity contribution in [3.05, 3.63) is 34.6 Å². The van der Waals surface area contributed by atoms with Gasteiger partial charge < -0.3 is 15.9 Å². The fraction of sp³-hybridized carbons (Fsp3) is 0.562. The molecule has 1 aromatic rings. The van der Waals surface area contributed by atoms with Crippen LogP contribution in [-0.2, 0) is 37.4 Å². The average Bonchev–Trinajstić information content (AvgIpc) is 2.40. The number of nitrogens with one attached hydrogen (secondary N) is 2. The molecular weight excluding hydrogens is 339 g/mol. The van der Waals surface area contributed by atoms with E-state index in [0.717, 1.165) is 31.9 Å². The van der Waals surface area contributed by atoms with Crippen LogP contribution in [0.4, 0.5) is 5.69 Å². The minimum absolute atomic E-state index is 0. The molecule has 2 heterocycles. The predicted octanol–water partition coefficient (Wildman–Crippen LogP) is 3.25. The smallest absolute Gasteiger partial charge is 0.0645 e. The molecule has 1 radical (unpaired) electrons. The zero-order valence-corrected chi connectivity index (χ0v) is 15.4. The summed E-state index contributed by atoms with van der Waals surface area (Å²) >= 11 is 0. The van der Waals surface area contributed by atoms with E-state index in [9.17, 15) is 0 Å². The van der Waals surface area contributed by atoms with E-state index < -0.39 is 0 Å². The van der Waals surface area contributed by atoms with Crippen LogP contribution < -0.4 is 0 Å². The average molecular weight is 361 g/mol. The first-order valence-corrected chi connectivity index (χ1v) is 7.37. The van der Waals surface area contributed by atoms with Crippen molar-refractivity contribution in [3.63, 3.8) is 0 Å². The Kier molecular flexibility index (Phi) is 5.95. The number of aryl methyl sites for hydroxylation is 1. The van der Waals surface area contributed by atoms with Crippen molar-refractivity contribution in [1.82, 2.24) is 4.90 Å². The van der Waals surface area contributed by atoms with Gasteiger partial charge in [0.05, 0.1) is 19.3 Å². The molecule has 21 heavy (non-hydrogen) atoms. The first-order chi connectivity index (χ1) is 9.69. The normalized spacial score (nSPS) is 20.6. The van der Waals surface area contributed by atoms with Crippen molar-refractivity contribution in [1.29, 1.82) is 5.41 Å². The molecule has 1 aromatic carbocycles. The zero-order valence-electron chi connectivity index (χ0n) is 12.6. The Hall–Kier alpha value is -0.286. The Balaban J connectivity index is 0.00000161. The van der Waals surface area contributed by atoms with E-state index in [0.29, 0.717) is 17.6 Å². The van der Waals surface area contributed by atoms with E-state index in [1.807, 2.05) is 12.1 Å². The van der Waals surface area contributed by atoms with Crippen LogP contribution in [0.15, 0.2) is 12.1 Å². The first kappa shape index (κ1) is 17.1. The van der Waals surface area contributed by atoms with Gasteiger partial charge in [-0.3, -0.25) is 4.90 Å². The number of hydrogen-bond donors (Lipinski definition) is 1. The van der Waals surface area contributed by atoms with E-state index in [1.165, 1.54) is 30.2 Å². The molecule has 0 spiro atoms.